The second kappa shape index (κ2) is 6.17. The SMILES string of the molecule is CN(CCc1ccccn1)c1ncc(C#N)cc1Cl. The largest absolute Gasteiger partial charge is 0.358 e. The fourth-order valence-corrected chi connectivity index (χ4v) is 2.02. The summed E-state index contributed by atoms with van der Waals surface area (Å²) < 4.78 is 0. The van der Waals surface area contributed by atoms with Crippen LogP contribution in [0.1, 0.15) is 11.3 Å². The van der Waals surface area contributed by atoms with Gasteiger partial charge in [0.15, 0.2) is 0 Å². The van der Waals surface area contributed by atoms with Crippen LogP contribution in [-0.2, 0) is 6.42 Å². The van der Waals surface area contributed by atoms with Crippen LogP contribution in [0, 0.1) is 11.3 Å². The maximum absolute atomic E-state index is 8.77. The zero-order valence-electron chi connectivity index (χ0n) is 10.5. The minimum Gasteiger partial charge on any atom is -0.358 e. The number of hydrogen-bond acceptors (Lipinski definition) is 4. The van der Waals surface area contributed by atoms with Gasteiger partial charge in [-0.15, -0.1) is 0 Å². The van der Waals surface area contributed by atoms with Gasteiger partial charge in [-0.3, -0.25) is 4.98 Å². The van der Waals surface area contributed by atoms with Crippen molar-refractivity contribution in [1.29, 1.82) is 5.26 Å². The molecule has 0 amide bonds. The average Bonchev–Trinajstić information content (AvgIpc) is 2.45. The molecule has 0 aliphatic carbocycles. The molecule has 2 aromatic heterocycles. The molecule has 0 N–H and O–H groups in total. The van der Waals surface area contributed by atoms with Gasteiger partial charge in [0.2, 0.25) is 0 Å². The number of halogens is 1. The van der Waals surface area contributed by atoms with Gasteiger partial charge in [0, 0.05) is 38.1 Å². The fraction of sp³-hybridized carbons (Fsp3) is 0.214. The first-order chi connectivity index (χ1) is 9.20. The van der Waals surface area contributed by atoms with E-state index in [2.05, 4.69) is 9.97 Å². The van der Waals surface area contributed by atoms with Gasteiger partial charge >= 0.3 is 0 Å². The van der Waals surface area contributed by atoms with Crippen molar-refractivity contribution in [2.45, 2.75) is 6.42 Å². The van der Waals surface area contributed by atoms with E-state index >= 15 is 0 Å². The highest BCUT2D eigenvalue weighted by molar-refractivity contribution is 6.33. The van der Waals surface area contributed by atoms with Crippen LogP contribution in [-0.4, -0.2) is 23.6 Å². The average molecular weight is 273 g/mol. The number of rotatable bonds is 4. The lowest BCUT2D eigenvalue weighted by molar-refractivity contribution is 0.839. The highest BCUT2D eigenvalue weighted by atomic mass is 35.5. The third-order valence-electron chi connectivity index (χ3n) is 2.74. The Morgan fingerprint density at radius 2 is 2.21 bits per heavy atom. The molecule has 2 rings (SSSR count). The number of nitriles is 1. The van der Waals surface area contributed by atoms with Gasteiger partial charge < -0.3 is 4.90 Å². The molecular formula is C14H13ClN4. The molecule has 0 saturated heterocycles. The Morgan fingerprint density at radius 1 is 1.37 bits per heavy atom. The number of likely N-dealkylation sites (N-methyl/N-ethyl adjacent to an activating group) is 1. The van der Waals surface area contributed by atoms with Crippen LogP contribution in [0.2, 0.25) is 5.02 Å². The van der Waals surface area contributed by atoms with Gasteiger partial charge in [-0.1, -0.05) is 17.7 Å². The first-order valence-corrected chi connectivity index (χ1v) is 6.25. The summed E-state index contributed by atoms with van der Waals surface area (Å²) in [5, 5.41) is 9.26. The maximum atomic E-state index is 8.77. The Kier molecular flexibility index (Phi) is 4.32. The summed E-state index contributed by atoms with van der Waals surface area (Å²) in [7, 11) is 1.92. The molecule has 4 nitrogen and oxygen atoms in total. The summed E-state index contributed by atoms with van der Waals surface area (Å²) in [5.41, 5.74) is 1.49. The van der Waals surface area contributed by atoms with Gasteiger partial charge in [0.25, 0.3) is 0 Å². The summed E-state index contributed by atoms with van der Waals surface area (Å²) >= 11 is 6.11. The molecule has 0 spiro atoms. The molecule has 0 aliphatic rings. The van der Waals surface area contributed by atoms with Crippen LogP contribution in [0.4, 0.5) is 5.82 Å². The molecule has 0 fully saturated rings. The van der Waals surface area contributed by atoms with Crippen LogP contribution in [0.5, 0.6) is 0 Å². The molecular weight excluding hydrogens is 260 g/mol. The van der Waals surface area contributed by atoms with E-state index in [1.54, 1.807) is 12.3 Å². The molecule has 19 heavy (non-hydrogen) atoms. The maximum Gasteiger partial charge on any atom is 0.147 e. The summed E-state index contributed by atoms with van der Waals surface area (Å²) in [4.78, 5) is 10.4. The first-order valence-electron chi connectivity index (χ1n) is 5.87. The van der Waals surface area contributed by atoms with Crippen LogP contribution in [0.3, 0.4) is 0 Å². The second-order valence-electron chi connectivity index (χ2n) is 4.13. The summed E-state index contributed by atoms with van der Waals surface area (Å²) in [5.74, 6) is 0.677. The summed E-state index contributed by atoms with van der Waals surface area (Å²) in [6.45, 7) is 0.760. The van der Waals surface area contributed by atoms with Gasteiger partial charge in [-0.2, -0.15) is 5.26 Å². The first kappa shape index (κ1) is 13.3. The highest BCUT2D eigenvalue weighted by Crippen LogP contribution is 2.22. The Labute approximate surface area is 117 Å². The van der Waals surface area contributed by atoms with Gasteiger partial charge in [-0.05, 0) is 18.2 Å². The van der Waals surface area contributed by atoms with E-state index in [0.717, 1.165) is 18.7 Å². The summed E-state index contributed by atoms with van der Waals surface area (Å²) in [6.07, 6.45) is 4.12. The van der Waals surface area contributed by atoms with Crippen molar-refractivity contribution in [3.05, 3.63) is 52.9 Å². The predicted octanol–water partition coefficient (Wildman–Crippen LogP) is 2.68. The third kappa shape index (κ3) is 3.43. The molecule has 0 aromatic carbocycles. The van der Waals surface area contributed by atoms with Crippen molar-refractivity contribution in [2.75, 3.05) is 18.5 Å². The van der Waals surface area contributed by atoms with Gasteiger partial charge in [-0.25, -0.2) is 4.98 Å². The van der Waals surface area contributed by atoms with Crippen molar-refractivity contribution >= 4 is 17.4 Å². The fourth-order valence-electron chi connectivity index (χ4n) is 1.71. The minimum atomic E-state index is 0.465. The highest BCUT2D eigenvalue weighted by Gasteiger charge is 2.09. The predicted molar refractivity (Wildman–Crippen MR) is 75.2 cm³/mol. The Bertz CT molecular complexity index is 592. The lowest BCUT2D eigenvalue weighted by atomic mass is 10.2. The number of pyridine rings is 2. The standard InChI is InChI=1S/C14H13ClN4/c1-19(7-5-12-4-2-3-6-17-12)14-13(15)8-11(9-16)10-18-14/h2-4,6,8,10H,5,7H2,1H3. The Hall–Kier alpha value is -2.12. The van der Waals surface area contributed by atoms with Crippen LogP contribution in [0.25, 0.3) is 0 Å². The Balaban J connectivity index is 2.04. The van der Waals surface area contributed by atoms with Crippen molar-refractivity contribution in [3.63, 3.8) is 0 Å². The molecule has 0 saturated carbocycles. The van der Waals surface area contributed by atoms with E-state index in [1.165, 1.54) is 6.20 Å². The molecule has 0 bridgehead atoms. The lowest BCUT2D eigenvalue weighted by Crippen LogP contribution is -2.22. The van der Waals surface area contributed by atoms with Crippen molar-refractivity contribution in [2.24, 2.45) is 0 Å². The molecule has 2 aromatic rings. The molecule has 2 heterocycles. The summed E-state index contributed by atoms with van der Waals surface area (Å²) in [6, 6.07) is 9.49. The molecule has 96 valence electrons. The lowest BCUT2D eigenvalue weighted by Gasteiger charge is -2.19. The smallest absolute Gasteiger partial charge is 0.147 e. The van der Waals surface area contributed by atoms with Crippen molar-refractivity contribution in [1.82, 2.24) is 9.97 Å². The van der Waals surface area contributed by atoms with E-state index in [-0.39, 0.29) is 0 Å². The number of nitrogens with zero attached hydrogens (tertiary/aromatic N) is 4. The molecule has 0 unspecified atom stereocenters. The van der Waals surface area contributed by atoms with E-state index in [0.29, 0.717) is 16.4 Å². The van der Waals surface area contributed by atoms with Crippen molar-refractivity contribution < 1.29 is 0 Å². The van der Waals surface area contributed by atoms with Crippen LogP contribution < -0.4 is 4.90 Å². The molecule has 0 atom stereocenters. The van der Waals surface area contributed by atoms with E-state index < -0.39 is 0 Å². The van der Waals surface area contributed by atoms with E-state index in [9.17, 15) is 0 Å². The van der Waals surface area contributed by atoms with E-state index in [4.69, 9.17) is 16.9 Å². The zero-order valence-corrected chi connectivity index (χ0v) is 11.3. The zero-order chi connectivity index (χ0) is 13.7. The number of anilines is 1. The molecule has 5 heteroatoms. The minimum absolute atomic E-state index is 0.465. The molecule has 0 aliphatic heterocycles. The number of hydrogen-bond donors (Lipinski definition) is 0. The quantitative estimate of drug-likeness (QED) is 0.859. The normalized spacial score (nSPS) is 9.95. The topological polar surface area (TPSA) is 52.8 Å². The van der Waals surface area contributed by atoms with Crippen LogP contribution in [0.15, 0.2) is 36.7 Å². The molecule has 0 radical (unpaired) electrons. The third-order valence-corrected chi connectivity index (χ3v) is 3.02. The second-order valence-corrected chi connectivity index (χ2v) is 4.54. The van der Waals surface area contributed by atoms with E-state index in [1.807, 2.05) is 36.2 Å². The Morgan fingerprint density at radius 3 is 2.84 bits per heavy atom. The van der Waals surface area contributed by atoms with Crippen molar-refractivity contribution in [3.8, 4) is 6.07 Å². The van der Waals surface area contributed by atoms with Gasteiger partial charge in [0.1, 0.15) is 11.9 Å². The van der Waals surface area contributed by atoms with Crippen LogP contribution >= 0.6 is 11.6 Å². The monoisotopic (exact) mass is 272 g/mol. The van der Waals surface area contributed by atoms with Gasteiger partial charge in [0.05, 0.1) is 10.6 Å². The number of aromatic nitrogens is 2.